The molecule has 104 valence electrons. The molecule has 1 saturated heterocycles. The van der Waals surface area contributed by atoms with E-state index in [0.717, 1.165) is 0 Å². The number of ketones is 1. The molecule has 0 N–H and O–H groups in total. The number of ether oxygens (including phenoxy) is 3. The molecule has 1 aliphatic heterocycles. The molecule has 0 amide bonds. The van der Waals surface area contributed by atoms with E-state index in [1.807, 2.05) is 13.8 Å². The maximum Gasteiger partial charge on any atom is 0.316 e. The molecule has 0 radical (unpaired) electrons. The van der Waals surface area contributed by atoms with Crippen LogP contribution >= 0.6 is 0 Å². The Bertz CT molecular complexity index is 336. The summed E-state index contributed by atoms with van der Waals surface area (Å²) in [5, 5.41) is 0. The zero-order valence-corrected chi connectivity index (χ0v) is 11.7. The van der Waals surface area contributed by atoms with Crippen LogP contribution in [0.1, 0.15) is 34.1 Å². The normalized spacial score (nSPS) is 31.2. The van der Waals surface area contributed by atoms with E-state index in [4.69, 9.17) is 14.2 Å². The lowest BCUT2D eigenvalue weighted by Gasteiger charge is -2.44. The van der Waals surface area contributed by atoms with E-state index >= 15 is 0 Å². The molecular formula is C13H22O5. The lowest BCUT2D eigenvalue weighted by Crippen LogP contribution is -2.58. The van der Waals surface area contributed by atoms with Gasteiger partial charge in [0.25, 0.3) is 0 Å². The van der Waals surface area contributed by atoms with Gasteiger partial charge in [0.1, 0.15) is 11.5 Å². The Kier molecular flexibility index (Phi) is 4.50. The first-order valence-electron chi connectivity index (χ1n) is 6.16. The van der Waals surface area contributed by atoms with Gasteiger partial charge < -0.3 is 14.2 Å². The quantitative estimate of drug-likeness (QED) is 0.562. The van der Waals surface area contributed by atoms with Crippen molar-refractivity contribution in [2.75, 3.05) is 20.3 Å². The highest BCUT2D eigenvalue weighted by Crippen LogP contribution is 2.36. The highest BCUT2D eigenvalue weighted by atomic mass is 16.6. The summed E-state index contributed by atoms with van der Waals surface area (Å²) < 4.78 is 15.8. The Morgan fingerprint density at radius 1 is 1.44 bits per heavy atom. The Balaban J connectivity index is 2.98. The molecular weight excluding hydrogens is 236 g/mol. The molecule has 0 aromatic rings. The van der Waals surface area contributed by atoms with Gasteiger partial charge in [-0.1, -0.05) is 0 Å². The van der Waals surface area contributed by atoms with Crippen molar-refractivity contribution in [1.82, 2.24) is 0 Å². The monoisotopic (exact) mass is 258 g/mol. The zero-order valence-electron chi connectivity index (χ0n) is 11.7. The van der Waals surface area contributed by atoms with E-state index in [9.17, 15) is 9.59 Å². The molecule has 0 aliphatic carbocycles. The Labute approximate surface area is 108 Å². The number of Topliss-reactive ketones (excluding diaryl/α,β-unsaturated/α-hetero) is 1. The highest BCUT2D eigenvalue weighted by molar-refractivity contribution is 6.04. The third-order valence-corrected chi connectivity index (χ3v) is 3.03. The number of carbonyl (C=O) groups excluding carboxylic acids is 2. The molecule has 1 aliphatic rings. The van der Waals surface area contributed by atoms with Crippen molar-refractivity contribution in [3.05, 3.63) is 0 Å². The van der Waals surface area contributed by atoms with Crippen LogP contribution in [0, 0.1) is 5.92 Å². The van der Waals surface area contributed by atoms with Crippen LogP contribution in [-0.4, -0.2) is 43.3 Å². The number of hydrogen-bond acceptors (Lipinski definition) is 5. The van der Waals surface area contributed by atoms with Crippen LogP contribution in [0.3, 0.4) is 0 Å². The SMILES string of the molecule is CCOC(=O)C1CC(C)(C)OC(C)(COC)C1=O. The molecule has 0 spiro atoms. The minimum atomic E-state index is -1.09. The van der Waals surface area contributed by atoms with E-state index in [0.29, 0.717) is 6.42 Å². The second-order valence-corrected chi connectivity index (χ2v) is 5.40. The van der Waals surface area contributed by atoms with Crippen molar-refractivity contribution >= 4 is 11.8 Å². The van der Waals surface area contributed by atoms with Crippen molar-refractivity contribution in [3.8, 4) is 0 Å². The molecule has 0 aromatic heterocycles. The van der Waals surface area contributed by atoms with E-state index < -0.39 is 23.1 Å². The molecule has 0 bridgehead atoms. The van der Waals surface area contributed by atoms with Gasteiger partial charge in [0.15, 0.2) is 5.78 Å². The van der Waals surface area contributed by atoms with Gasteiger partial charge in [0.05, 0.1) is 18.8 Å². The van der Waals surface area contributed by atoms with Crippen LogP contribution in [0.15, 0.2) is 0 Å². The first-order chi connectivity index (χ1) is 8.25. The van der Waals surface area contributed by atoms with Gasteiger partial charge >= 0.3 is 5.97 Å². The standard InChI is InChI=1S/C13H22O5/c1-6-17-11(15)9-7-12(2,3)18-13(4,8-16-5)10(9)14/h9H,6-8H2,1-5H3. The van der Waals surface area contributed by atoms with Crippen molar-refractivity contribution in [2.24, 2.45) is 5.92 Å². The molecule has 1 heterocycles. The van der Waals surface area contributed by atoms with E-state index in [1.54, 1.807) is 13.8 Å². The smallest absolute Gasteiger partial charge is 0.316 e. The molecule has 5 heteroatoms. The number of rotatable bonds is 4. The van der Waals surface area contributed by atoms with Crippen molar-refractivity contribution < 1.29 is 23.8 Å². The van der Waals surface area contributed by atoms with Crippen molar-refractivity contribution in [2.45, 2.75) is 45.3 Å². The van der Waals surface area contributed by atoms with Gasteiger partial charge in [-0.15, -0.1) is 0 Å². The van der Waals surface area contributed by atoms with Gasteiger partial charge in [-0.05, 0) is 34.1 Å². The summed E-state index contributed by atoms with van der Waals surface area (Å²) in [6.07, 6.45) is 0.337. The number of esters is 1. The fourth-order valence-corrected chi connectivity index (χ4v) is 2.46. The molecule has 2 atom stereocenters. The van der Waals surface area contributed by atoms with Crippen LogP contribution in [0.4, 0.5) is 0 Å². The average Bonchev–Trinajstić information content (AvgIpc) is 2.23. The second-order valence-electron chi connectivity index (χ2n) is 5.40. The van der Waals surface area contributed by atoms with E-state index in [2.05, 4.69) is 0 Å². The highest BCUT2D eigenvalue weighted by Gasteiger charge is 2.52. The maximum absolute atomic E-state index is 12.3. The van der Waals surface area contributed by atoms with Crippen LogP contribution in [0.2, 0.25) is 0 Å². The zero-order chi connectivity index (χ0) is 14.0. The lowest BCUT2D eigenvalue weighted by atomic mass is 9.79. The van der Waals surface area contributed by atoms with Crippen LogP contribution < -0.4 is 0 Å². The summed E-state index contributed by atoms with van der Waals surface area (Å²) in [4.78, 5) is 24.2. The Morgan fingerprint density at radius 2 is 2.06 bits per heavy atom. The largest absolute Gasteiger partial charge is 0.465 e. The van der Waals surface area contributed by atoms with Crippen molar-refractivity contribution in [1.29, 1.82) is 0 Å². The minimum absolute atomic E-state index is 0.130. The number of methoxy groups -OCH3 is 1. The minimum Gasteiger partial charge on any atom is -0.465 e. The Morgan fingerprint density at radius 3 is 2.56 bits per heavy atom. The summed E-state index contributed by atoms with van der Waals surface area (Å²) in [6.45, 7) is 7.50. The fourth-order valence-electron chi connectivity index (χ4n) is 2.46. The van der Waals surface area contributed by atoms with Gasteiger partial charge in [-0.3, -0.25) is 9.59 Å². The third kappa shape index (κ3) is 3.09. The molecule has 2 unspecified atom stereocenters. The predicted molar refractivity (Wildman–Crippen MR) is 65.2 cm³/mol. The third-order valence-electron chi connectivity index (χ3n) is 3.03. The maximum atomic E-state index is 12.3. The van der Waals surface area contributed by atoms with Crippen molar-refractivity contribution in [3.63, 3.8) is 0 Å². The molecule has 1 fully saturated rings. The van der Waals surface area contributed by atoms with Gasteiger partial charge in [-0.25, -0.2) is 0 Å². The molecule has 0 saturated carbocycles. The molecule has 5 nitrogen and oxygen atoms in total. The average molecular weight is 258 g/mol. The molecule has 18 heavy (non-hydrogen) atoms. The van der Waals surface area contributed by atoms with Gasteiger partial charge in [0.2, 0.25) is 0 Å². The predicted octanol–water partition coefficient (Wildman–Crippen LogP) is 1.34. The summed E-state index contributed by atoms with van der Waals surface area (Å²) in [5.74, 6) is -1.50. The molecule has 0 aromatic carbocycles. The summed E-state index contributed by atoms with van der Waals surface area (Å²) in [6, 6.07) is 0. The summed E-state index contributed by atoms with van der Waals surface area (Å²) >= 11 is 0. The van der Waals surface area contributed by atoms with Gasteiger partial charge in [0, 0.05) is 7.11 Å². The van der Waals surface area contributed by atoms with E-state index in [1.165, 1.54) is 7.11 Å². The Hall–Kier alpha value is -0.940. The first kappa shape index (κ1) is 15.1. The first-order valence-corrected chi connectivity index (χ1v) is 6.16. The number of carbonyl (C=O) groups is 2. The summed E-state index contributed by atoms with van der Waals surface area (Å²) in [5.41, 5.74) is -1.65. The lowest BCUT2D eigenvalue weighted by molar-refractivity contribution is -0.205. The molecule has 1 rings (SSSR count). The van der Waals surface area contributed by atoms with Crippen LogP contribution in [0.5, 0.6) is 0 Å². The summed E-state index contributed by atoms with van der Waals surface area (Å²) in [7, 11) is 1.50. The number of hydrogen-bond donors (Lipinski definition) is 0. The van der Waals surface area contributed by atoms with E-state index in [-0.39, 0.29) is 19.0 Å². The van der Waals surface area contributed by atoms with Crippen LogP contribution in [0.25, 0.3) is 0 Å². The fraction of sp³-hybridized carbons (Fsp3) is 0.846. The topological polar surface area (TPSA) is 61.8 Å². The van der Waals surface area contributed by atoms with Crippen LogP contribution in [-0.2, 0) is 23.8 Å². The second kappa shape index (κ2) is 5.36. The van der Waals surface area contributed by atoms with Gasteiger partial charge in [-0.2, -0.15) is 0 Å².